The molecule has 1 aromatic heterocycles. The fourth-order valence-corrected chi connectivity index (χ4v) is 1.94. The van der Waals surface area contributed by atoms with Crippen molar-refractivity contribution < 1.29 is 9.59 Å². The third-order valence-electron chi connectivity index (χ3n) is 2.98. The molecule has 19 heavy (non-hydrogen) atoms. The molecule has 0 saturated carbocycles. The Kier molecular flexibility index (Phi) is 3.64. The van der Waals surface area contributed by atoms with E-state index < -0.39 is 6.04 Å². The summed E-state index contributed by atoms with van der Waals surface area (Å²) in [6.45, 7) is 6.38. The highest BCUT2D eigenvalue weighted by Crippen LogP contribution is 2.21. The van der Waals surface area contributed by atoms with Crippen LogP contribution in [0.4, 0.5) is 11.8 Å². The van der Waals surface area contributed by atoms with Crippen LogP contribution in [0.2, 0.25) is 0 Å². The van der Waals surface area contributed by atoms with Crippen LogP contribution in [-0.4, -0.2) is 40.9 Å². The highest BCUT2D eigenvalue weighted by Gasteiger charge is 2.32. The lowest BCUT2D eigenvalue weighted by Crippen LogP contribution is -2.57. The van der Waals surface area contributed by atoms with Crippen molar-refractivity contribution in [3.8, 4) is 0 Å². The van der Waals surface area contributed by atoms with Gasteiger partial charge in [-0.2, -0.15) is 4.98 Å². The molecular formula is C12H17N5O2. The summed E-state index contributed by atoms with van der Waals surface area (Å²) in [5, 5.41) is 5.33. The molecule has 1 aromatic rings. The molecule has 102 valence electrons. The molecule has 1 saturated heterocycles. The molecule has 1 atom stereocenters. The van der Waals surface area contributed by atoms with Crippen molar-refractivity contribution in [3.05, 3.63) is 11.8 Å². The van der Waals surface area contributed by atoms with E-state index in [4.69, 9.17) is 0 Å². The summed E-state index contributed by atoms with van der Waals surface area (Å²) >= 11 is 0. The molecule has 1 fully saturated rings. The van der Waals surface area contributed by atoms with E-state index in [0.717, 1.165) is 5.56 Å². The quantitative estimate of drug-likeness (QED) is 0.750. The van der Waals surface area contributed by atoms with Crippen LogP contribution < -0.4 is 15.5 Å². The standard InChI is InChI=1S/C12H17N5O2/c1-4-13-12-14-5-7(2)10(16-12)17-6-9(18)15-11(19)8(17)3/h5,8H,4,6H2,1-3H3,(H,13,14,16)(H,15,18,19). The number of aryl methyl sites for hydroxylation is 1. The lowest BCUT2D eigenvalue weighted by atomic mass is 10.2. The molecule has 1 aliphatic rings. The van der Waals surface area contributed by atoms with Crippen LogP contribution in [0.15, 0.2) is 6.20 Å². The first-order valence-corrected chi connectivity index (χ1v) is 6.20. The van der Waals surface area contributed by atoms with Crippen molar-refractivity contribution in [1.29, 1.82) is 0 Å². The molecular weight excluding hydrogens is 246 g/mol. The molecule has 0 radical (unpaired) electrons. The summed E-state index contributed by atoms with van der Waals surface area (Å²) in [4.78, 5) is 33.4. The van der Waals surface area contributed by atoms with Gasteiger partial charge in [0, 0.05) is 18.3 Å². The van der Waals surface area contributed by atoms with E-state index in [1.165, 1.54) is 0 Å². The second-order valence-corrected chi connectivity index (χ2v) is 4.45. The van der Waals surface area contributed by atoms with Gasteiger partial charge < -0.3 is 10.2 Å². The number of piperazine rings is 1. The molecule has 1 unspecified atom stereocenters. The van der Waals surface area contributed by atoms with Gasteiger partial charge in [-0.1, -0.05) is 0 Å². The topological polar surface area (TPSA) is 87.2 Å². The molecule has 0 aliphatic carbocycles. The van der Waals surface area contributed by atoms with Crippen LogP contribution in [0, 0.1) is 6.92 Å². The molecule has 7 heteroatoms. The van der Waals surface area contributed by atoms with Gasteiger partial charge in [-0.15, -0.1) is 0 Å². The third kappa shape index (κ3) is 2.64. The minimum atomic E-state index is -0.430. The number of hydrogen-bond acceptors (Lipinski definition) is 6. The predicted octanol–water partition coefficient (Wildman–Crippen LogP) is 0.0681. The van der Waals surface area contributed by atoms with Crippen molar-refractivity contribution in [2.24, 2.45) is 0 Å². The molecule has 0 aromatic carbocycles. The molecule has 1 aliphatic heterocycles. The molecule has 2 heterocycles. The molecule has 2 N–H and O–H groups in total. The van der Waals surface area contributed by atoms with Crippen LogP contribution >= 0.6 is 0 Å². The SMILES string of the molecule is CCNc1ncc(C)c(N2CC(=O)NC(=O)C2C)n1. The van der Waals surface area contributed by atoms with Gasteiger partial charge in [0.05, 0.1) is 6.54 Å². The van der Waals surface area contributed by atoms with E-state index in [0.29, 0.717) is 18.3 Å². The Bertz CT molecular complexity index is 517. The van der Waals surface area contributed by atoms with Crippen LogP contribution in [0.1, 0.15) is 19.4 Å². The summed E-state index contributed by atoms with van der Waals surface area (Å²) in [6.07, 6.45) is 1.68. The first kappa shape index (κ1) is 13.3. The van der Waals surface area contributed by atoms with E-state index in [1.807, 2.05) is 13.8 Å². The molecule has 0 bridgehead atoms. The normalized spacial score (nSPS) is 19.3. The van der Waals surface area contributed by atoms with Crippen LogP contribution in [-0.2, 0) is 9.59 Å². The Balaban J connectivity index is 2.36. The largest absolute Gasteiger partial charge is 0.354 e. The maximum Gasteiger partial charge on any atom is 0.249 e. The van der Waals surface area contributed by atoms with Crippen molar-refractivity contribution >= 4 is 23.6 Å². The predicted molar refractivity (Wildman–Crippen MR) is 70.9 cm³/mol. The van der Waals surface area contributed by atoms with E-state index in [9.17, 15) is 9.59 Å². The van der Waals surface area contributed by atoms with Crippen LogP contribution in [0.25, 0.3) is 0 Å². The monoisotopic (exact) mass is 263 g/mol. The van der Waals surface area contributed by atoms with Crippen molar-refractivity contribution in [2.45, 2.75) is 26.8 Å². The molecule has 2 amide bonds. The highest BCUT2D eigenvalue weighted by atomic mass is 16.2. The minimum Gasteiger partial charge on any atom is -0.354 e. The lowest BCUT2D eigenvalue weighted by molar-refractivity contribution is -0.132. The average molecular weight is 263 g/mol. The Morgan fingerprint density at radius 3 is 2.95 bits per heavy atom. The second kappa shape index (κ2) is 5.21. The highest BCUT2D eigenvalue weighted by molar-refractivity contribution is 6.04. The Hall–Kier alpha value is -2.18. The number of carbonyl (C=O) groups is 2. The van der Waals surface area contributed by atoms with Gasteiger partial charge in [0.1, 0.15) is 11.9 Å². The van der Waals surface area contributed by atoms with Gasteiger partial charge in [-0.05, 0) is 20.8 Å². The number of nitrogens with one attached hydrogen (secondary N) is 2. The number of carbonyl (C=O) groups excluding carboxylic acids is 2. The van der Waals surface area contributed by atoms with Crippen molar-refractivity contribution in [2.75, 3.05) is 23.3 Å². The molecule has 7 nitrogen and oxygen atoms in total. The first-order valence-electron chi connectivity index (χ1n) is 6.20. The summed E-state index contributed by atoms with van der Waals surface area (Å²) < 4.78 is 0. The Morgan fingerprint density at radius 2 is 2.26 bits per heavy atom. The average Bonchev–Trinajstić information content (AvgIpc) is 2.36. The first-order chi connectivity index (χ1) is 9.02. The summed E-state index contributed by atoms with van der Waals surface area (Å²) in [5.74, 6) is 0.487. The molecule has 2 rings (SSSR count). The van der Waals surface area contributed by atoms with Gasteiger partial charge in [0.15, 0.2) is 0 Å². The van der Waals surface area contributed by atoms with Gasteiger partial charge in [-0.3, -0.25) is 14.9 Å². The van der Waals surface area contributed by atoms with E-state index >= 15 is 0 Å². The van der Waals surface area contributed by atoms with Gasteiger partial charge in [-0.25, -0.2) is 4.98 Å². The van der Waals surface area contributed by atoms with Crippen molar-refractivity contribution in [3.63, 3.8) is 0 Å². The summed E-state index contributed by atoms with van der Waals surface area (Å²) in [6, 6.07) is -0.430. The fraction of sp³-hybridized carbons (Fsp3) is 0.500. The zero-order valence-corrected chi connectivity index (χ0v) is 11.2. The van der Waals surface area contributed by atoms with Crippen LogP contribution in [0.5, 0.6) is 0 Å². The number of anilines is 2. The van der Waals surface area contributed by atoms with Crippen molar-refractivity contribution in [1.82, 2.24) is 15.3 Å². The third-order valence-corrected chi connectivity index (χ3v) is 2.98. The Morgan fingerprint density at radius 1 is 1.53 bits per heavy atom. The zero-order chi connectivity index (χ0) is 14.0. The number of rotatable bonds is 3. The fourth-order valence-electron chi connectivity index (χ4n) is 1.94. The maximum absolute atomic E-state index is 11.7. The summed E-state index contributed by atoms with van der Waals surface area (Å²) in [7, 11) is 0. The van der Waals surface area contributed by atoms with E-state index in [1.54, 1.807) is 18.0 Å². The van der Waals surface area contributed by atoms with Gasteiger partial charge in [0.2, 0.25) is 17.8 Å². The maximum atomic E-state index is 11.7. The van der Waals surface area contributed by atoms with Crippen LogP contribution in [0.3, 0.4) is 0 Å². The smallest absolute Gasteiger partial charge is 0.249 e. The zero-order valence-electron chi connectivity index (χ0n) is 11.2. The lowest BCUT2D eigenvalue weighted by Gasteiger charge is -2.33. The van der Waals surface area contributed by atoms with E-state index in [-0.39, 0.29) is 18.4 Å². The minimum absolute atomic E-state index is 0.121. The second-order valence-electron chi connectivity index (χ2n) is 4.45. The summed E-state index contributed by atoms with van der Waals surface area (Å²) in [5.41, 5.74) is 0.830. The Labute approximate surface area is 111 Å². The number of nitrogens with zero attached hydrogens (tertiary/aromatic N) is 3. The number of amides is 2. The number of aromatic nitrogens is 2. The van der Waals surface area contributed by atoms with Gasteiger partial charge >= 0.3 is 0 Å². The number of hydrogen-bond donors (Lipinski definition) is 2. The van der Waals surface area contributed by atoms with Gasteiger partial charge in [0.25, 0.3) is 0 Å². The molecule has 0 spiro atoms. The van der Waals surface area contributed by atoms with E-state index in [2.05, 4.69) is 20.6 Å². The number of imide groups is 1.